The normalized spacial score (nSPS) is 41.0. The minimum absolute atomic E-state index is 0.0935. The number of carbonyl (C=O) groups excluding carboxylic acids is 3. The quantitative estimate of drug-likeness (QED) is 0.333. The molecule has 0 radical (unpaired) electrons. The topological polar surface area (TPSA) is 102 Å². The standard InChI is InChI=1S/C19H22O7/c1-8(2)17(22)25-14-12-10(4)18(23)26-15(12)16(21)19(5,11-7-24-11)13(14)9(3)6-20/h6,11-16,21H,1,3-4,7H2,2,5H3/t11-,12-,13-,14-,15-,16-,19+/m1/s1. The lowest BCUT2D eigenvalue weighted by molar-refractivity contribution is -0.195. The Hall–Kier alpha value is -2.25. The van der Waals surface area contributed by atoms with E-state index >= 15 is 0 Å². The van der Waals surface area contributed by atoms with Gasteiger partial charge in [-0.3, -0.25) is 4.79 Å². The molecule has 1 aliphatic carbocycles. The number of esters is 2. The molecule has 7 atom stereocenters. The summed E-state index contributed by atoms with van der Waals surface area (Å²) in [6.45, 7) is 14.7. The van der Waals surface area contributed by atoms with Gasteiger partial charge in [-0.2, -0.15) is 0 Å². The van der Waals surface area contributed by atoms with E-state index in [1.165, 1.54) is 6.92 Å². The Morgan fingerprint density at radius 1 is 1.42 bits per heavy atom. The van der Waals surface area contributed by atoms with Crippen molar-refractivity contribution in [1.29, 1.82) is 0 Å². The van der Waals surface area contributed by atoms with Crippen LogP contribution < -0.4 is 0 Å². The Bertz CT molecular complexity index is 719. The lowest BCUT2D eigenvalue weighted by Gasteiger charge is -2.51. The molecular weight excluding hydrogens is 340 g/mol. The van der Waals surface area contributed by atoms with Gasteiger partial charge in [-0.1, -0.05) is 26.7 Å². The van der Waals surface area contributed by atoms with Crippen molar-refractivity contribution in [3.05, 3.63) is 36.5 Å². The summed E-state index contributed by atoms with van der Waals surface area (Å²) in [4.78, 5) is 35.9. The predicted octanol–water partition coefficient (Wildman–Crippen LogP) is 0.723. The van der Waals surface area contributed by atoms with Gasteiger partial charge in [0.1, 0.15) is 24.6 Å². The van der Waals surface area contributed by atoms with E-state index in [-0.39, 0.29) is 22.8 Å². The predicted molar refractivity (Wildman–Crippen MR) is 89.8 cm³/mol. The summed E-state index contributed by atoms with van der Waals surface area (Å²) in [7, 11) is 0. The molecule has 3 fully saturated rings. The average molecular weight is 362 g/mol. The molecule has 1 saturated carbocycles. The van der Waals surface area contributed by atoms with Gasteiger partial charge in [0.05, 0.1) is 18.6 Å². The third-order valence-corrected chi connectivity index (χ3v) is 5.73. The maximum absolute atomic E-state index is 12.2. The molecule has 0 amide bonds. The molecule has 0 aromatic rings. The van der Waals surface area contributed by atoms with Crippen molar-refractivity contribution in [1.82, 2.24) is 0 Å². The summed E-state index contributed by atoms with van der Waals surface area (Å²) >= 11 is 0. The minimum atomic E-state index is -1.13. The number of epoxide rings is 1. The molecule has 140 valence electrons. The van der Waals surface area contributed by atoms with Gasteiger partial charge in [-0.05, 0) is 12.5 Å². The number of aldehydes is 1. The van der Waals surface area contributed by atoms with Crippen molar-refractivity contribution in [2.75, 3.05) is 6.61 Å². The Balaban J connectivity index is 2.13. The molecule has 7 nitrogen and oxygen atoms in total. The zero-order valence-corrected chi connectivity index (χ0v) is 14.8. The van der Waals surface area contributed by atoms with E-state index in [1.54, 1.807) is 6.92 Å². The monoisotopic (exact) mass is 362 g/mol. The molecule has 0 spiro atoms. The van der Waals surface area contributed by atoms with E-state index in [4.69, 9.17) is 14.2 Å². The molecule has 7 heteroatoms. The van der Waals surface area contributed by atoms with Gasteiger partial charge in [0, 0.05) is 22.5 Å². The number of aliphatic hydroxyl groups excluding tert-OH is 1. The highest BCUT2D eigenvalue weighted by molar-refractivity contribution is 5.92. The van der Waals surface area contributed by atoms with E-state index in [9.17, 15) is 19.5 Å². The van der Waals surface area contributed by atoms with E-state index in [0.29, 0.717) is 12.9 Å². The van der Waals surface area contributed by atoms with Crippen LogP contribution in [0.3, 0.4) is 0 Å². The zero-order valence-electron chi connectivity index (χ0n) is 14.8. The van der Waals surface area contributed by atoms with Crippen molar-refractivity contribution >= 4 is 18.2 Å². The zero-order chi connectivity index (χ0) is 19.4. The van der Waals surface area contributed by atoms with E-state index in [1.807, 2.05) is 0 Å². The van der Waals surface area contributed by atoms with Crippen LogP contribution in [-0.2, 0) is 28.6 Å². The summed E-state index contributed by atoms with van der Waals surface area (Å²) in [6.07, 6.45) is -2.84. The van der Waals surface area contributed by atoms with E-state index in [0.717, 1.165) is 0 Å². The summed E-state index contributed by atoms with van der Waals surface area (Å²) in [6, 6.07) is 0. The number of aliphatic hydroxyl groups is 1. The fraction of sp³-hybridized carbons (Fsp3) is 0.526. The highest BCUT2D eigenvalue weighted by atomic mass is 16.6. The van der Waals surface area contributed by atoms with Crippen LogP contribution in [0.2, 0.25) is 0 Å². The largest absolute Gasteiger partial charge is 0.458 e. The van der Waals surface area contributed by atoms with E-state index in [2.05, 4.69) is 19.7 Å². The van der Waals surface area contributed by atoms with Gasteiger partial charge < -0.3 is 19.3 Å². The summed E-state index contributed by atoms with van der Waals surface area (Å²) in [5, 5.41) is 11.0. The van der Waals surface area contributed by atoms with Crippen molar-refractivity contribution in [3.63, 3.8) is 0 Å². The van der Waals surface area contributed by atoms with Crippen LogP contribution in [0.5, 0.6) is 0 Å². The molecule has 0 unspecified atom stereocenters. The fourth-order valence-corrected chi connectivity index (χ4v) is 4.20. The number of carbonyl (C=O) groups is 3. The first-order chi connectivity index (χ1) is 12.1. The summed E-state index contributed by atoms with van der Waals surface area (Å²) in [5.41, 5.74) is -0.615. The van der Waals surface area contributed by atoms with Gasteiger partial charge in [-0.15, -0.1) is 0 Å². The van der Waals surface area contributed by atoms with Crippen LogP contribution >= 0.6 is 0 Å². The minimum Gasteiger partial charge on any atom is -0.458 e. The molecule has 1 N–H and O–H groups in total. The molecule has 0 aromatic heterocycles. The fourth-order valence-electron chi connectivity index (χ4n) is 4.20. The van der Waals surface area contributed by atoms with Crippen LogP contribution in [0, 0.1) is 17.3 Å². The highest BCUT2D eigenvalue weighted by Crippen LogP contribution is 2.56. The Morgan fingerprint density at radius 2 is 2.04 bits per heavy atom. The molecule has 2 heterocycles. The molecule has 3 aliphatic rings. The highest BCUT2D eigenvalue weighted by Gasteiger charge is 2.68. The Morgan fingerprint density at radius 3 is 2.54 bits per heavy atom. The van der Waals surface area contributed by atoms with Crippen LogP contribution in [0.15, 0.2) is 36.5 Å². The molecular formula is C19H22O7. The number of ether oxygens (including phenoxy) is 3. The third kappa shape index (κ3) is 2.54. The lowest BCUT2D eigenvalue weighted by atomic mass is 9.56. The molecule has 3 rings (SSSR count). The first kappa shape index (κ1) is 18.5. The Labute approximate surface area is 151 Å². The third-order valence-electron chi connectivity index (χ3n) is 5.73. The maximum atomic E-state index is 12.2. The van der Waals surface area contributed by atoms with Gasteiger partial charge in [-0.25, -0.2) is 9.59 Å². The molecule has 0 bridgehead atoms. The Kier molecular flexibility index (Phi) is 4.40. The molecule has 26 heavy (non-hydrogen) atoms. The van der Waals surface area contributed by atoms with E-state index < -0.39 is 47.5 Å². The van der Waals surface area contributed by atoms with Crippen LogP contribution in [0.4, 0.5) is 0 Å². The second-order valence-corrected chi connectivity index (χ2v) is 7.37. The molecule has 0 aromatic carbocycles. The second kappa shape index (κ2) is 6.17. The second-order valence-electron chi connectivity index (χ2n) is 7.37. The van der Waals surface area contributed by atoms with Crippen molar-refractivity contribution in [2.45, 2.75) is 38.3 Å². The summed E-state index contributed by atoms with van der Waals surface area (Å²) < 4.78 is 16.4. The summed E-state index contributed by atoms with van der Waals surface area (Å²) in [5.74, 6) is -2.88. The average Bonchev–Trinajstić information content (AvgIpc) is 3.39. The first-order valence-corrected chi connectivity index (χ1v) is 8.34. The van der Waals surface area contributed by atoms with Crippen molar-refractivity contribution in [3.8, 4) is 0 Å². The smallest absolute Gasteiger partial charge is 0.334 e. The van der Waals surface area contributed by atoms with Crippen molar-refractivity contribution < 1.29 is 33.7 Å². The number of rotatable bonds is 5. The molecule has 2 saturated heterocycles. The van der Waals surface area contributed by atoms with Crippen LogP contribution in [0.25, 0.3) is 0 Å². The lowest BCUT2D eigenvalue weighted by Crippen LogP contribution is -2.63. The SMILES string of the molecule is C=C(C)C(=O)O[C@@H]1[C@H]2C(=C)C(=O)O[C@H]2[C@@H](O)[C@@](C)([C@H]2CO2)[C@@H]1C(=C)C=O. The van der Waals surface area contributed by atoms with Gasteiger partial charge >= 0.3 is 11.9 Å². The van der Waals surface area contributed by atoms with Gasteiger partial charge in [0.2, 0.25) is 0 Å². The van der Waals surface area contributed by atoms with Gasteiger partial charge in [0.25, 0.3) is 0 Å². The maximum Gasteiger partial charge on any atom is 0.334 e. The number of fused-ring (bicyclic) bond motifs is 1. The number of hydrogen-bond acceptors (Lipinski definition) is 7. The van der Waals surface area contributed by atoms with Crippen LogP contribution in [-0.4, -0.2) is 54.4 Å². The van der Waals surface area contributed by atoms with Crippen LogP contribution in [0.1, 0.15) is 13.8 Å². The van der Waals surface area contributed by atoms with Gasteiger partial charge in [0.15, 0.2) is 0 Å². The first-order valence-electron chi connectivity index (χ1n) is 8.34. The molecule has 2 aliphatic heterocycles. The number of hydrogen-bond donors (Lipinski definition) is 1. The van der Waals surface area contributed by atoms with Crippen molar-refractivity contribution in [2.24, 2.45) is 17.3 Å².